The fraction of sp³-hybridized carbons (Fsp3) is 0.909. The van der Waals surface area contributed by atoms with Crippen LogP contribution in [0.2, 0.25) is 0 Å². The molecule has 1 fully saturated rings. The van der Waals surface area contributed by atoms with E-state index in [1.54, 1.807) is 4.90 Å². The van der Waals surface area contributed by atoms with Crippen molar-refractivity contribution < 1.29 is 9.53 Å². The molecule has 1 atom stereocenters. The molecule has 88 valence electrons. The molecule has 1 saturated heterocycles. The molecular weight excluding hydrogens is 258 g/mol. The SMILES string of the molecule is CC(Br)CC1CN(C(=O)OC(C)(C)C)C1. The Morgan fingerprint density at radius 2 is 2.07 bits per heavy atom. The number of halogens is 1. The maximum Gasteiger partial charge on any atom is 0.410 e. The van der Waals surface area contributed by atoms with Gasteiger partial charge in [0.15, 0.2) is 0 Å². The van der Waals surface area contributed by atoms with Gasteiger partial charge in [-0.3, -0.25) is 0 Å². The first-order chi connectivity index (χ1) is 6.78. The van der Waals surface area contributed by atoms with E-state index < -0.39 is 0 Å². The average molecular weight is 278 g/mol. The number of hydrogen-bond acceptors (Lipinski definition) is 2. The van der Waals surface area contributed by atoms with Gasteiger partial charge in [0.1, 0.15) is 5.60 Å². The number of ether oxygens (including phenoxy) is 1. The van der Waals surface area contributed by atoms with Crippen LogP contribution in [0.1, 0.15) is 34.1 Å². The average Bonchev–Trinajstić information content (AvgIpc) is 1.91. The second kappa shape index (κ2) is 4.73. The van der Waals surface area contributed by atoms with Crippen molar-refractivity contribution in [3.8, 4) is 0 Å². The molecular formula is C11H20BrNO2. The molecule has 0 radical (unpaired) electrons. The maximum absolute atomic E-state index is 11.6. The Morgan fingerprint density at radius 3 is 2.47 bits per heavy atom. The molecule has 0 aromatic rings. The second-order valence-corrected chi connectivity index (χ2v) is 6.83. The minimum absolute atomic E-state index is 0.180. The number of likely N-dealkylation sites (tertiary alicyclic amines) is 1. The van der Waals surface area contributed by atoms with Gasteiger partial charge >= 0.3 is 6.09 Å². The van der Waals surface area contributed by atoms with Crippen LogP contribution in [0.4, 0.5) is 4.79 Å². The number of carbonyl (C=O) groups excluding carboxylic acids is 1. The van der Waals surface area contributed by atoms with Crippen molar-refractivity contribution in [2.24, 2.45) is 5.92 Å². The van der Waals surface area contributed by atoms with E-state index in [0.717, 1.165) is 19.5 Å². The van der Waals surface area contributed by atoms with Gasteiger partial charge in [-0.1, -0.05) is 22.9 Å². The summed E-state index contributed by atoms with van der Waals surface area (Å²) in [4.78, 5) is 13.9. The molecule has 0 spiro atoms. The highest BCUT2D eigenvalue weighted by atomic mass is 79.9. The highest BCUT2D eigenvalue weighted by Gasteiger charge is 2.33. The van der Waals surface area contributed by atoms with E-state index >= 15 is 0 Å². The van der Waals surface area contributed by atoms with Gasteiger partial charge in [0.25, 0.3) is 0 Å². The van der Waals surface area contributed by atoms with E-state index in [2.05, 4.69) is 22.9 Å². The largest absolute Gasteiger partial charge is 0.444 e. The maximum atomic E-state index is 11.6. The molecule has 4 heteroatoms. The first kappa shape index (κ1) is 12.8. The molecule has 1 aliphatic heterocycles. The molecule has 0 saturated carbocycles. The summed E-state index contributed by atoms with van der Waals surface area (Å²) in [6.07, 6.45) is 0.945. The Hall–Kier alpha value is -0.250. The van der Waals surface area contributed by atoms with Gasteiger partial charge in [-0.05, 0) is 33.1 Å². The van der Waals surface area contributed by atoms with Crippen LogP contribution in [-0.2, 0) is 4.74 Å². The van der Waals surface area contributed by atoms with Gasteiger partial charge in [0, 0.05) is 17.9 Å². The minimum Gasteiger partial charge on any atom is -0.444 e. The van der Waals surface area contributed by atoms with Crippen LogP contribution in [0, 0.1) is 5.92 Å². The highest BCUT2D eigenvalue weighted by Crippen LogP contribution is 2.24. The van der Waals surface area contributed by atoms with E-state index in [-0.39, 0.29) is 11.7 Å². The minimum atomic E-state index is -0.384. The lowest BCUT2D eigenvalue weighted by atomic mass is 9.96. The fourth-order valence-electron chi connectivity index (χ4n) is 1.65. The van der Waals surface area contributed by atoms with Crippen LogP contribution in [0.3, 0.4) is 0 Å². The summed E-state index contributed by atoms with van der Waals surface area (Å²) in [7, 11) is 0. The molecule has 0 aromatic carbocycles. The van der Waals surface area contributed by atoms with Crippen LogP contribution < -0.4 is 0 Å². The predicted molar refractivity (Wildman–Crippen MR) is 64.3 cm³/mol. The third-order valence-corrected chi connectivity index (χ3v) is 2.64. The van der Waals surface area contributed by atoms with Gasteiger partial charge in [0.2, 0.25) is 0 Å². The van der Waals surface area contributed by atoms with Crippen molar-refractivity contribution >= 4 is 22.0 Å². The Morgan fingerprint density at radius 1 is 1.53 bits per heavy atom. The number of hydrogen-bond donors (Lipinski definition) is 0. The molecule has 0 aliphatic carbocycles. The lowest BCUT2D eigenvalue weighted by Crippen LogP contribution is -2.52. The zero-order chi connectivity index (χ0) is 11.6. The monoisotopic (exact) mass is 277 g/mol. The zero-order valence-corrected chi connectivity index (χ0v) is 11.5. The zero-order valence-electron chi connectivity index (χ0n) is 9.92. The van der Waals surface area contributed by atoms with Crippen LogP contribution in [0.25, 0.3) is 0 Å². The molecule has 1 aliphatic rings. The fourth-order valence-corrected chi connectivity index (χ4v) is 2.18. The van der Waals surface area contributed by atoms with Crippen molar-refractivity contribution in [1.29, 1.82) is 0 Å². The van der Waals surface area contributed by atoms with Gasteiger partial charge in [-0.15, -0.1) is 0 Å². The predicted octanol–water partition coefficient (Wildman–Crippen LogP) is 3.03. The van der Waals surface area contributed by atoms with E-state index in [9.17, 15) is 4.79 Å². The Kier molecular flexibility index (Phi) is 4.04. The number of nitrogens with zero attached hydrogens (tertiary/aromatic N) is 1. The van der Waals surface area contributed by atoms with Crippen molar-refractivity contribution in [3.63, 3.8) is 0 Å². The standard InChI is InChI=1S/C11H20BrNO2/c1-8(12)5-9-6-13(7-9)10(14)15-11(2,3)4/h8-9H,5-7H2,1-4H3. The molecule has 0 bridgehead atoms. The molecule has 1 heterocycles. The van der Waals surface area contributed by atoms with E-state index in [1.807, 2.05) is 20.8 Å². The molecule has 1 unspecified atom stereocenters. The first-order valence-electron chi connectivity index (χ1n) is 5.40. The summed E-state index contributed by atoms with van der Waals surface area (Å²) in [6.45, 7) is 9.49. The summed E-state index contributed by atoms with van der Waals surface area (Å²) < 4.78 is 5.27. The number of amides is 1. The molecule has 3 nitrogen and oxygen atoms in total. The van der Waals surface area contributed by atoms with Gasteiger partial charge < -0.3 is 9.64 Å². The Labute approximate surface area is 100 Å². The van der Waals surface area contributed by atoms with Crippen molar-refractivity contribution in [1.82, 2.24) is 4.90 Å². The summed E-state index contributed by atoms with van der Waals surface area (Å²) >= 11 is 3.52. The molecule has 1 rings (SSSR count). The van der Waals surface area contributed by atoms with Crippen molar-refractivity contribution in [2.75, 3.05) is 13.1 Å². The molecule has 1 amide bonds. The van der Waals surface area contributed by atoms with Crippen LogP contribution in [0.5, 0.6) is 0 Å². The molecule has 0 N–H and O–H groups in total. The molecule has 15 heavy (non-hydrogen) atoms. The molecule has 0 aromatic heterocycles. The lowest BCUT2D eigenvalue weighted by Gasteiger charge is -2.40. The Balaban J connectivity index is 2.24. The van der Waals surface area contributed by atoms with Crippen molar-refractivity contribution in [3.05, 3.63) is 0 Å². The normalized spacial score (nSPS) is 19.7. The second-order valence-electron chi connectivity index (χ2n) is 5.27. The quantitative estimate of drug-likeness (QED) is 0.727. The van der Waals surface area contributed by atoms with Gasteiger partial charge in [-0.2, -0.15) is 0 Å². The topological polar surface area (TPSA) is 29.5 Å². The van der Waals surface area contributed by atoms with Crippen LogP contribution >= 0.6 is 15.9 Å². The van der Waals surface area contributed by atoms with Crippen LogP contribution in [0.15, 0.2) is 0 Å². The number of alkyl halides is 1. The van der Waals surface area contributed by atoms with Crippen molar-refractivity contribution in [2.45, 2.75) is 44.5 Å². The summed E-state index contributed by atoms with van der Waals surface area (Å²) in [5.41, 5.74) is -0.384. The number of rotatable bonds is 2. The van der Waals surface area contributed by atoms with E-state index in [1.165, 1.54) is 0 Å². The third-order valence-electron chi connectivity index (χ3n) is 2.27. The number of carbonyl (C=O) groups is 1. The summed E-state index contributed by atoms with van der Waals surface area (Å²) in [6, 6.07) is 0. The Bertz CT molecular complexity index is 229. The highest BCUT2D eigenvalue weighted by molar-refractivity contribution is 9.09. The smallest absolute Gasteiger partial charge is 0.410 e. The van der Waals surface area contributed by atoms with Gasteiger partial charge in [-0.25, -0.2) is 4.79 Å². The first-order valence-corrected chi connectivity index (χ1v) is 6.31. The summed E-state index contributed by atoms with van der Waals surface area (Å²) in [5, 5.41) is 0. The van der Waals surface area contributed by atoms with Gasteiger partial charge in [0.05, 0.1) is 0 Å². The third kappa shape index (κ3) is 4.41. The van der Waals surface area contributed by atoms with Crippen LogP contribution in [-0.4, -0.2) is 34.5 Å². The van der Waals surface area contributed by atoms with E-state index in [4.69, 9.17) is 4.74 Å². The summed E-state index contributed by atoms with van der Waals surface area (Å²) in [5.74, 6) is 0.631. The lowest BCUT2D eigenvalue weighted by molar-refractivity contribution is -0.00193. The van der Waals surface area contributed by atoms with E-state index in [0.29, 0.717) is 10.7 Å².